The zero-order chi connectivity index (χ0) is 24.8. The van der Waals surface area contributed by atoms with Gasteiger partial charge in [0.05, 0.1) is 10.5 Å². The van der Waals surface area contributed by atoms with E-state index in [1.165, 1.54) is 24.5 Å². The van der Waals surface area contributed by atoms with E-state index in [-0.39, 0.29) is 23.0 Å². The Labute approximate surface area is 204 Å². The lowest BCUT2D eigenvalue weighted by atomic mass is 10.2. The summed E-state index contributed by atoms with van der Waals surface area (Å²) in [5, 5.41) is 6.00. The minimum atomic E-state index is -3.66. The SMILES string of the molecule is CCCN(C1CCNC1)S(=O)(=O)c1cccc(CNC(=O)c2cnc(-c3cccc(F)c3)nc2)c1. The summed E-state index contributed by atoms with van der Waals surface area (Å²) in [6.45, 7) is 4.02. The zero-order valence-electron chi connectivity index (χ0n) is 19.4. The molecule has 1 fully saturated rings. The zero-order valence-corrected chi connectivity index (χ0v) is 20.3. The Balaban J connectivity index is 1.43. The molecule has 0 spiro atoms. The van der Waals surface area contributed by atoms with Crippen LogP contribution in [0, 0.1) is 5.82 Å². The molecule has 4 rings (SSSR count). The van der Waals surface area contributed by atoms with Gasteiger partial charge in [0.15, 0.2) is 5.82 Å². The maximum Gasteiger partial charge on any atom is 0.254 e. The van der Waals surface area contributed by atoms with Gasteiger partial charge in [-0.05, 0) is 49.2 Å². The van der Waals surface area contributed by atoms with Crippen LogP contribution in [0.2, 0.25) is 0 Å². The fourth-order valence-corrected chi connectivity index (χ4v) is 5.88. The summed E-state index contributed by atoms with van der Waals surface area (Å²) in [7, 11) is -3.66. The molecule has 2 aromatic carbocycles. The van der Waals surface area contributed by atoms with Crippen LogP contribution in [-0.4, -0.2) is 54.3 Å². The number of nitrogens with zero attached hydrogens (tertiary/aromatic N) is 3. The normalized spacial score (nSPS) is 15.9. The second-order valence-electron chi connectivity index (χ2n) is 8.40. The highest BCUT2D eigenvalue weighted by Crippen LogP contribution is 2.22. The number of nitrogens with one attached hydrogen (secondary N) is 2. The molecule has 2 heterocycles. The van der Waals surface area contributed by atoms with E-state index < -0.39 is 21.7 Å². The third-order valence-corrected chi connectivity index (χ3v) is 7.79. The van der Waals surface area contributed by atoms with Crippen molar-refractivity contribution in [3.8, 4) is 11.4 Å². The molecule has 1 atom stereocenters. The molecular weight excluding hydrogens is 469 g/mol. The van der Waals surface area contributed by atoms with Crippen molar-refractivity contribution in [2.45, 2.75) is 37.2 Å². The van der Waals surface area contributed by atoms with Crippen LogP contribution in [0.15, 0.2) is 65.8 Å². The minimum Gasteiger partial charge on any atom is -0.348 e. The lowest BCUT2D eigenvalue weighted by molar-refractivity contribution is 0.0950. The van der Waals surface area contributed by atoms with Crippen LogP contribution in [0.25, 0.3) is 11.4 Å². The number of carbonyl (C=O) groups is 1. The van der Waals surface area contributed by atoms with Crippen molar-refractivity contribution >= 4 is 15.9 Å². The van der Waals surface area contributed by atoms with Gasteiger partial charge in [-0.3, -0.25) is 4.79 Å². The van der Waals surface area contributed by atoms with Gasteiger partial charge in [0.25, 0.3) is 5.91 Å². The molecule has 0 saturated carbocycles. The second-order valence-corrected chi connectivity index (χ2v) is 10.3. The van der Waals surface area contributed by atoms with E-state index in [0.29, 0.717) is 30.0 Å². The summed E-state index contributed by atoms with van der Waals surface area (Å²) in [5.74, 6) is -0.475. The summed E-state index contributed by atoms with van der Waals surface area (Å²) >= 11 is 0. The highest BCUT2D eigenvalue weighted by molar-refractivity contribution is 7.89. The molecule has 1 aromatic heterocycles. The minimum absolute atomic E-state index is 0.0568. The first-order valence-corrected chi connectivity index (χ1v) is 13.0. The molecular formula is C25H28FN5O3S. The molecule has 8 nitrogen and oxygen atoms in total. The largest absolute Gasteiger partial charge is 0.348 e. The molecule has 1 unspecified atom stereocenters. The highest BCUT2D eigenvalue weighted by Gasteiger charge is 2.32. The number of carbonyl (C=O) groups excluding carboxylic acids is 1. The molecule has 2 N–H and O–H groups in total. The first kappa shape index (κ1) is 24.9. The van der Waals surface area contributed by atoms with Gasteiger partial charge in [-0.25, -0.2) is 22.8 Å². The number of rotatable bonds is 9. The summed E-state index contributed by atoms with van der Waals surface area (Å²) < 4.78 is 41.7. The van der Waals surface area contributed by atoms with Crippen molar-refractivity contribution < 1.29 is 17.6 Å². The Bertz CT molecular complexity index is 1280. The Morgan fingerprint density at radius 1 is 1.17 bits per heavy atom. The van der Waals surface area contributed by atoms with Crippen LogP contribution in [-0.2, 0) is 16.6 Å². The number of hydrogen-bond acceptors (Lipinski definition) is 6. The van der Waals surface area contributed by atoms with E-state index in [1.54, 1.807) is 40.7 Å². The average Bonchev–Trinajstić information content (AvgIpc) is 3.40. The average molecular weight is 498 g/mol. The maximum absolute atomic E-state index is 13.4. The van der Waals surface area contributed by atoms with E-state index in [2.05, 4.69) is 20.6 Å². The second kappa shape index (κ2) is 11.0. The Morgan fingerprint density at radius 3 is 2.63 bits per heavy atom. The van der Waals surface area contributed by atoms with Gasteiger partial charge in [0, 0.05) is 43.6 Å². The molecule has 0 bridgehead atoms. The van der Waals surface area contributed by atoms with Gasteiger partial charge in [-0.1, -0.05) is 31.2 Å². The molecule has 10 heteroatoms. The first-order chi connectivity index (χ1) is 16.9. The lowest BCUT2D eigenvalue weighted by Crippen LogP contribution is -2.42. The molecule has 1 aliphatic rings. The molecule has 0 radical (unpaired) electrons. The van der Waals surface area contributed by atoms with Crippen LogP contribution < -0.4 is 10.6 Å². The van der Waals surface area contributed by atoms with E-state index in [4.69, 9.17) is 0 Å². The number of amides is 1. The number of hydrogen-bond donors (Lipinski definition) is 2. The van der Waals surface area contributed by atoms with E-state index in [0.717, 1.165) is 19.4 Å². The van der Waals surface area contributed by atoms with Crippen molar-refractivity contribution in [3.63, 3.8) is 0 Å². The third kappa shape index (κ3) is 5.90. The van der Waals surface area contributed by atoms with Crippen LogP contribution in [0.3, 0.4) is 0 Å². The van der Waals surface area contributed by atoms with Crippen LogP contribution in [0.5, 0.6) is 0 Å². The third-order valence-electron chi connectivity index (χ3n) is 5.84. The molecule has 0 aliphatic carbocycles. The summed E-state index contributed by atoms with van der Waals surface area (Å²) in [6, 6.07) is 12.5. The number of sulfonamides is 1. The molecule has 3 aromatic rings. The van der Waals surface area contributed by atoms with Crippen LogP contribution in [0.4, 0.5) is 4.39 Å². The number of halogens is 1. The fraction of sp³-hybridized carbons (Fsp3) is 0.320. The van der Waals surface area contributed by atoms with Crippen molar-refractivity contribution in [1.82, 2.24) is 24.9 Å². The van der Waals surface area contributed by atoms with Gasteiger partial charge >= 0.3 is 0 Å². The van der Waals surface area contributed by atoms with Gasteiger partial charge in [-0.2, -0.15) is 4.31 Å². The van der Waals surface area contributed by atoms with Crippen molar-refractivity contribution in [1.29, 1.82) is 0 Å². The monoisotopic (exact) mass is 497 g/mol. The molecule has 1 saturated heterocycles. The molecule has 184 valence electrons. The van der Waals surface area contributed by atoms with E-state index in [1.807, 2.05) is 6.92 Å². The highest BCUT2D eigenvalue weighted by atomic mass is 32.2. The predicted octanol–water partition coefficient (Wildman–Crippen LogP) is 2.98. The van der Waals surface area contributed by atoms with Crippen molar-refractivity contribution in [2.75, 3.05) is 19.6 Å². The lowest BCUT2D eigenvalue weighted by Gasteiger charge is -2.27. The molecule has 1 amide bonds. The summed E-state index contributed by atoms with van der Waals surface area (Å²) in [6.07, 6.45) is 4.27. The molecule has 1 aliphatic heterocycles. The van der Waals surface area contributed by atoms with Gasteiger partial charge in [-0.15, -0.1) is 0 Å². The Hall–Kier alpha value is -3.21. The van der Waals surface area contributed by atoms with Gasteiger partial charge in [0.1, 0.15) is 5.82 Å². The van der Waals surface area contributed by atoms with Gasteiger partial charge < -0.3 is 10.6 Å². The smallest absolute Gasteiger partial charge is 0.254 e. The standard InChI is InChI=1S/C25H28FN5O3S/c1-2-11-31(22-9-10-27-17-22)35(33,34)23-8-3-5-18(12-23)14-30-25(32)20-15-28-24(29-16-20)19-6-4-7-21(26)13-19/h3-8,12-13,15-16,22,27H,2,9-11,14,17H2,1H3,(H,30,32). The van der Waals surface area contributed by atoms with Crippen molar-refractivity contribution in [3.05, 3.63) is 77.9 Å². The first-order valence-electron chi connectivity index (χ1n) is 11.6. The maximum atomic E-state index is 13.4. The molecule has 35 heavy (non-hydrogen) atoms. The quantitative estimate of drug-likeness (QED) is 0.471. The Kier molecular flexibility index (Phi) is 7.84. The van der Waals surface area contributed by atoms with E-state index >= 15 is 0 Å². The van der Waals surface area contributed by atoms with Crippen molar-refractivity contribution in [2.24, 2.45) is 0 Å². The van der Waals surface area contributed by atoms with Crippen LogP contribution >= 0.6 is 0 Å². The fourth-order valence-electron chi connectivity index (χ4n) is 4.06. The van der Waals surface area contributed by atoms with Crippen LogP contribution in [0.1, 0.15) is 35.7 Å². The number of benzene rings is 2. The number of aromatic nitrogens is 2. The topological polar surface area (TPSA) is 104 Å². The summed E-state index contributed by atoms with van der Waals surface area (Å²) in [4.78, 5) is 21.1. The predicted molar refractivity (Wildman–Crippen MR) is 130 cm³/mol. The van der Waals surface area contributed by atoms with Gasteiger partial charge in [0.2, 0.25) is 10.0 Å². The Morgan fingerprint density at radius 2 is 1.94 bits per heavy atom. The summed E-state index contributed by atoms with van der Waals surface area (Å²) in [5.41, 5.74) is 1.43. The van der Waals surface area contributed by atoms with E-state index in [9.17, 15) is 17.6 Å².